The molecule has 146 valence electrons. The lowest BCUT2D eigenvalue weighted by Gasteiger charge is -2.55. The summed E-state index contributed by atoms with van der Waals surface area (Å²) in [6, 6.07) is 5.58. The molecule has 3 N–H and O–H groups in total. The van der Waals surface area contributed by atoms with Gasteiger partial charge in [-0.1, -0.05) is 0 Å². The van der Waals surface area contributed by atoms with Crippen LogP contribution in [0.2, 0.25) is 0 Å². The summed E-state index contributed by atoms with van der Waals surface area (Å²) in [7, 11) is -2.38. The molecule has 1 aromatic rings. The Bertz CT molecular complexity index is 828. The summed E-state index contributed by atoms with van der Waals surface area (Å²) in [6.45, 7) is 0. The van der Waals surface area contributed by atoms with Crippen LogP contribution in [0.4, 0.5) is 0 Å². The highest BCUT2D eigenvalue weighted by Crippen LogP contribution is 2.60. The lowest BCUT2D eigenvalue weighted by Crippen LogP contribution is -2.56. The van der Waals surface area contributed by atoms with Gasteiger partial charge in [-0.15, -0.1) is 4.83 Å². The zero-order valence-corrected chi connectivity index (χ0v) is 16.1. The van der Waals surface area contributed by atoms with Crippen molar-refractivity contribution < 1.29 is 18.0 Å². The third-order valence-corrected chi connectivity index (χ3v) is 7.74. The summed E-state index contributed by atoms with van der Waals surface area (Å²) in [6.07, 6.45) is 6.26. The van der Waals surface area contributed by atoms with Crippen LogP contribution in [0.15, 0.2) is 29.2 Å². The fourth-order valence-electron chi connectivity index (χ4n) is 5.62. The Morgan fingerprint density at radius 1 is 0.963 bits per heavy atom. The fourth-order valence-corrected chi connectivity index (χ4v) is 6.46. The molecule has 4 fully saturated rings. The van der Waals surface area contributed by atoms with E-state index in [9.17, 15) is 18.0 Å². The van der Waals surface area contributed by atoms with E-state index in [0.717, 1.165) is 19.3 Å². The standard InChI is InChI=1S/C19H25N3O4S/c1-20-17(23)15-2-4-16(5-3-15)27(25,26)22-21-18(24)19-9-12-6-13(10-19)8-14(7-12)11-19/h2-5,12-14,22H,6-11H2,1H3,(H,20,23)(H,21,24). The summed E-state index contributed by atoms with van der Waals surface area (Å²) < 4.78 is 25.0. The molecule has 0 heterocycles. The maximum absolute atomic E-state index is 12.9. The van der Waals surface area contributed by atoms with Crippen molar-refractivity contribution in [2.24, 2.45) is 23.2 Å². The summed E-state index contributed by atoms with van der Waals surface area (Å²) in [5, 5.41) is 2.48. The van der Waals surface area contributed by atoms with Crippen molar-refractivity contribution in [1.29, 1.82) is 0 Å². The normalized spacial score (nSPS) is 31.5. The van der Waals surface area contributed by atoms with Crippen molar-refractivity contribution in [2.75, 3.05) is 7.05 Å². The average Bonchev–Trinajstić information content (AvgIpc) is 2.64. The lowest BCUT2D eigenvalue weighted by atomic mass is 9.49. The second kappa shape index (κ2) is 6.60. The number of carbonyl (C=O) groups is 2. The van der Waals surface area contributed by atoms with Crippen molar-refractivity contribution in [1.82, 2.24) is 15.6 Å². The van der Waals surface area contributed by atoms with Crippen LogP contribution in [-0.2, 0) is 14.8 Å². The molecule has 0 saturated heterocycles. The highest BCUT2D eigenvalue weighted by Gasteiger charge is 2.54. The van der Waals surface area contributed by atoms with Crippen LogP contribution in [0.3, 0.4) is 0 Å². The minimum atomic E-state index is -3.89. The Hall–Kier alpha value is -1.93. The van der Waals surface area contributed by atoms with Gasteiger partial charge in [0, 0.05) is 12.6 Å². The topological polar surface area (TPSA) is 104 Å². The minimum absolute atomic E-state index is 0.000894. The van der Waals surface area contributed by atoms with E-state index in [-0.39, 0.29) is 16.7 Å². The zero-order chi connectivity index (χ0) is 19.2. The van der Waals surface area contributed by atoms with Gasteiger partial charge in [-0.25, -0.2) is 8.42 Å². The lowest BCUT2D eigenvalue weighted by molar-refractivity contribution is -0.146. The number of hydrogen-bond acceptors (Lipinski definition) is 4. The summed E-state index contributed by atoms with van der Waals surface area (Å²) in [5.74, 6) is 1.33. The number of hydrazine groups is 1. The number of nitrogens with one attached hydrogen (secondary N) is 3. The molecule has 0 unspecified atom stereocenters. The number of carbonyl (C=O) groups excluding carboxylic acids is 2. The molecule has 7 nitrogen and oxygen atoms in total. The molecule has 0 aliphatic heterocycles. The smallest absolute Gasteiger partial charge is 0.257 e. The molecular formula is C19H25N3O4S. The van der Waals surface area contributed by atoms with Gasteiger partial charge in [-0.2, -0.15) is 0 Å². The molecule has 0 radical (unpaired) electrons. The first-order valence-corrected chi connectivity index (χ1v) is 10.9. The Morgan fingerprint density at radius 3 is 1.96 bits per heavy atom. The number of hydrogen-bond donors (Lipinski definition) is 3. The number of rotatable bonds is 5. The summed E-state index contributed by atoms with van der Waals surface area (Å²) >= 11 is 0. The first kappa shape index (κ1) is 18.4. The molecule has 4 saturated carbocycles. The molecule has 4 bridgehead atoms. The fraction of sp³-hybridized carbons (Fsp3) is 0.579. The number of amides is 2. The van der Waals surface area contributed by atoms with Crippen LogP contribution >= 0.6 is 0 Å². The van der Waals surface area contributed by atoms with Crippen molar-refractivity contribution in [2.45, 2.75) is 43.4 Å². The van der Waals surface area contributed by atoms with Gasteiger partial charge in [-0.05, 0) is 80.5 Å². The van der Waals surface area contributed by atoms with Crippen LogP contribution in [0, 0.1) is 23.2 Å². The number of sulfonamides is 1. The van der Waals surface area contributed by atoms with Gasteiger partial charge in [0.05, 0.1) is 10.3 Å². The van der Waals surface area contributed by atoms with E-state index in [2.05, 4.69) is 15.6 Å². The molecule has 0 spiro atoms. The highest BCUT2D eigenvalue weighted by molar-refractivity contribution is 7.89. The Labute approximate surface area is 159 Å². The quantitative estimate of drug-likeness (QED) is 0.663. The molecule has 0 aromatic heterocycles. The van der Waals surface area contributed by atoms with Crippen LogP contribution in [0.25, 0.3) is 0 Å². The van der Waals surface area contributed by atoms with E-state index in [0.29, 0.717) is 23.3 Å². The Morgan fingerprint density at radius 2 is 1.48 bits per heavy atom. The van der Waals surface area contributed by atoms with Gasteiger partial charge in [0.1, 0.15) is 0 Å². The molecule has 4 aliphatic rings. The Balaban J connectivity index is 1.43. The molecule has 27 heavy (non-hydrogen) atoms. The van der Waals surface area contributed by atoms with E-state index < -0.39 is 15.4 Å². The summed E-state index contributed by atoms with van der Waals surface area (Å²) in [4.78, 5) is 26.7. The minimum Gasteiger partial charge on any atom is -0.355 e. The van der Waals surface area contributed by atoms with Crippen LogP contribution in [-0.4, -0.2) is 27.3 Å². The van der Waals surface area contributed by atoms with E-state index in [1.165, 1.54) is 50.6 Å². The Kier molecular flexibility index (Phi) is 4.50. The number of benzene rings is 1. The third-order valence-electron chi connectivity index (χ3n) is 6.47. The SMILES string of the molecule is CNC(=O)c1ccc(S(=O)(=O)NNC(=O)C23CC4CC(CC(C4)C2)C3)cc1. The molecule has 4 aliphatic carbocycles. The third kappa shape index (κ3) is 3.36. The molecule has 5 rings (SSSR count). The predicted molar refractivity (Wildman–Crippen MR) is 98.9 cm³/mol. The first-order chi connectivity index (χ1) is 12.8. The summed E-state index contributed by atoms with van der Waals surface area (Å²) in [5.41, 5.74) is 2.42. The second-order valence-electron chi connectivity index (χ2n) is 8.36. The van der Waals surface area contributed by atoms with Gasteiger partial charge in [-0.3, -0.25) is 15.0 Å². The van der Waals surface area contributed by atoms with Crippen molar-refractivity contribution in [3.05, 3.63) is 29.8 Å². The molecule has 1 aromatic carbocycles. The van der Waals surface area contributed by atoms with E-state index >= 15 is 0 Å². The second-order valence-corrected chi connectivity index (χ2v) is 10.0. The highest BCUT2D eigenvalue weighted by atomic mass is 32.2. The van der Waals surface area contributed by atoms with E-state index in [4.69, 9.17) is 0 Å². The molecule has 0 atom stereocenters. The van der Waals surface area contributed by atoms with Gasteiger partial charge in [0.2, 0.25) is 5.91 Å². The van der Waals surface area contributed by atoms with Gasteiger partial charge in [0.25, 0.3) is 15.9 Å². The van der Waals surface area contributed by atoms with Crippen LogP contribution in [0.5, 0.6) is 0 Å². The maximum atomic E-state index is 12.9. The first-order valence-electron chi connectivity index (χ1n) is 9.46. The van der Waals surface area contributed by atoms with Gasteiger partial charge >= 0.3 is 0 Å². The van der Waals surface area contributed by atoms with E-state index in [1.807, 2.05) is 0 Å². The molecule has 8 heteroatoms. The van der Waals surface area contributed by atoms with Gasteiger partial charge in [0.15, 0.2) is 0 Å². The van der Waals surface area contributed by atoms with E-state index in [1.54, 1.807) is 0 Å². The van der Waals surface area contributed by atoms with Gasteiger partial charge < -0.3 is 5.32 Å². The van der Waals surface area contributed by atoms with Crippen LogP contribution < -0.4 is 15.6 Å². The van der Waals surface area contributed by atoms with Crippen molar-refractivity contribution in [3.8, 4) is 0 Å². The molecule has 2 amide bonds. The zero-order valence-electron chi connectivity index (χ0n) is 15.3. The molecular weight excluding hydrogens is 366 g/mol. The van der Waals surface area contributed by atoms with Crippen LogP contribution in [0.1, 0.15) is 48.9 Å². The maximum Gasteiger partial charge on any atom is 0.257 e. The predicted octanol–water partition coefficient (Wildman–Crippen LogP) is 1.57. The van der Waals surface area contributed by atoms with Crippen molar-refractivity contribution >= 4 is 21.8 Å². The largest absolute Gasteiger partial charge is 0.355 e. The monoisotopic (exact) mass is 391 g/mol. The van der Waals surface area contributed by atoms with Crippen molar-refractivity contribution in [3.63, 3.8) is 0 Å². The average molecular weight is 391 g/mol.